The summed E-state index contributed by atoms with van der Waals surface area (Å²) in [6, 6.07) is 10.6. The van der Waals surface area contributed by atoms with E-state index in [0.29, 0.717) is 30.2 Å². The predicted molar refractivity (Wildman–Crippen MR) is 86.1 cm³/mol. The summed E-state index contributed by atoms with van der Waals surface area (Å²) in [5.41, 5.74) is 2.13. The van der Waals surface area contributed by atoms with E-state index in [1.165, 1.54) is 0 Å². The Morgan fingerprint density at radius 3 is 2.71 bits per heavy atom. The molecule has 0 spiro atoms. The third kappa shape index (κ3) is 3.64. The molecule has 0 atom stereocenters. The molecule has 1 N–H and O–H groups in total. The van der Waals surface area contributed by atoms with Gasteiger partial charge in [-0.15, -0.1) is 0 Å². The van der Waals surface area contributed by atoms with Crippen LogP contribution < -0.4 is 0 Å². The highest BCUT2D eigenvalue weighted by atomic mass is 16.5. The number of carboxylic acid groups (broad SMARTS) is 1. The average molecular weight is 324 g/mol. The minimum absolute atomic E-state index is 0.205. The maximum Gasteiger partial charge on any atom is 0.337 e. The van der Waals surface area contributed by atoms with Crippen LogP contribution in [0.4, 0.5) is 0 Å². The smallest absolute Gasteiger partial charge is 0.337 e. The molecule has 0 aliphatic rings. The number of aromatic nitrogens is 3. The lowest BCUT2D eigenvalue weighted by Crippen LogP contribution is -2.19. The predicted octanol–water partition coefficient (Wildman–Crippen LogP) is 2.46. The second-order valence-corrected chi connectivity index (χ2v) is 5.37. The molecule has 0 bridgehead atoms. The van der Waals surface area contributed by atoms with Crippen molar-refractivity contribution in [3.63, 3.8) is 0 Å². The number of nitrogens with zero attached hydrogens (tertiary/aromatic N) is 4. The second kappa shape index (κ2) is 7.01. The highest BCUT2D eigenvalue weighted by molar-refractivity contribution is 5.88. The first-order valence-corrected chi connectivity index (χ1v) is 7.36. The van der Waals surface area contributed by atoms with Crippen molar-refractivity contribution in [1.82, 2.24) is 20.0 Å². The van der Waals surface area contributed by atoms with Gasteiger partial charge in [-0.3, -0.25) is 14.9 Å². The van der Waals surface area contributed by atoms with Crippen LogP contribution in [-0.2, 0) is 13.1 Å². The van der Waals surface area contributed by atoms with E-state index in [1.54, 1.807) is 24.5 Å². The van der Waals surface area contributed by atoms with Crippen LogP contribution >= 0.6 is 0 Å². The zero-order chi connectivity index (χ0) is 16.9. The van der Waals surface area contributed by atoms with E-state index in [4.69, 9.17) is 4.52 Å². The molecule has 0 radical (unpaired) electrons. The van der Waals surface area contributed by atoms with Crippen molar-refractivity contribution in [3.05, 3.63) is 65.8 Å². The van der Waals surface area contributed by atoms with Crippen LogP contribution in [0.5, 0.6) is 0 Å². The SMILES string of the molecule is CN(Cc1cc(-c2ccccn2)no1)Cc1ncccc1C(=O)O. The largest absolute Gasteiger partial charge is 0.478 e. The van der Waals surface area contributed by atoms with Crippen molar-refractivity contribution in [2.24, 2.45) is 0 Å². The van der Waals surface area contributed by atoms with E-state index in [-0.39, 0.29) is 5.56 Å². The van der Waals surface area contributed by atoms with Crippen LogP contribution in [0, 0.1) is 0 Å². The Morgan fingerprint density at radius 2 is 1.96 bits per heavy atom. The normalized spacial score (nSPS) is 10.9. The lowest BCUT2D eigenvalue weighted by Gasteiger charge is -2.15. The van der Waals surface area contributed by atoms with Crippen LogP contribution in [-0.4, -0.2) is 38.1 Å². The van der Waals surface area contributed by atoms with Crippen molar-refractivity contribution >= 4 is 5.97 Å². The zero-order valence-electron chi connectivity index (χ0n) is 13.1. The van der Waals surface area contributed by atoms with Gasteiger partial charge in [0.15, 0.2) is 5.76 Å². The van der Waals surface area contributed by atoms with E-state index in [2.05, 4.69) is 15.1 Å². The molecule has 0 aromatic carbocycles. The van der Waals surface area contributed by atoms with E-state index in [9.17, 15) is 9.90 Å². The average Bonchev–Trinajstić information content (AvgIpc) is 3.04. The van der Waals surface area contributed by atoms with Gasteiger partial charge in [-0.2, -0.15) is 0 Å². The van der Waals surface area contributed by atoms with Crippen molar-refractivity contribution < 1.29 is 14.4 Å². The van der Waals surface area contributed by atoms with Crippen LogP contribution in [0.25, 0.3) is 11.4 Å². The van der Waals surface area contributed by atoms with Gasteiger partial charge in [0.25, 0.3) is 0 Å². The highest BCUT2D eigenvalue weighted by Crippen LogP contribution is 2.18. The monoisotopic (exact) mass is 324 g/mol. The summed E-state index contributed by atoms with van der Waals surface area (Å²) < 4.78 is 5.34. The highest BCUT2D eigenvalue weighted by Gasteiger charge is 2.14. The topological polar surface area (TPSA) is 92.4 Å². The van der Waals surface area contributed by atoms with Gasteiger partial charge in [0, 0.05) is 25.0 Å². The van der Waals surface area contributed by atoms with Gasteiger partial charge in [0.1, 0.15) is 5.69 Å². The number of hydrogen-bond donors (Lipinski definition) is 1. The fourth-order valence-corrected chi connectivity index (χ4v) is 2.36. The summed E-state index contributed by atoms with van der Waals surface area (Å²) in [5, 5.41) is 13.2. The summed E-state index contributed by atoms with van der Waals surface area (Å²) in [5.74, 6) is -0.311. The molecule has 3 heterocycles. The number of carboxylic acids is 1. The molecule has 0 saturated carbocycles. The molecule has 122 valence electrons. The molecule has 0 amide bonds. The number of rotatable bonds is 6. The van der Waals surface area contributed by atoms with Gasteiger partial charge in [0.05, 0.1) is 23.5 Å². The van der Waals surface area contributed by atoms with E-state index >= 15 is 0 Å². The lowest BCUT2D eigenvalue weighted by atomic mass is 10.2. The Labute approximate surface area is 138 Å². The minimum atomic E-state index is -0.983. The van der Waals surface area contributed by atoms with Gasteiger partial charge in [-0.05, 0) is 31.3 Å². The van der Waals surface area contributed by atoms with E-state index < -0.39 is 5.97 Å². The Balaban J connectivity index is 1.69. The van der Waals surface area contributed by atoms with Crippen molar-refractivity contribution in [3.8, 4) is 11.4 Å². The molecule has 0 saturated heterocycles. The van der Waals surface area contributed by atoms with Gasteiger partial charge >= 0.3 is 5.97 Å². The number of carbonyl (C=O) groups is 1. The molecule has 3 rings (SSSR count). The Bertz CT molecular complexity index is 833. The van der Waals surface area contributed by atoms with Crippen LogP contribution in [0.1, 0.15) is 21.8 Å². The van der Waals surface area contributed by atoms with Gasteiger partial charge < -0.3 is 9.63 Å². The summed E-state index contributed by atoms with van der Waals surface area (Å²) >= 11 is 0. The lowest BCUT2D eigenvalue weighted by molar-refractivity contribution is 0.0694. The second-order valence-electron chi connectivity index (χ2n) is 5.37. The molecule has 0 aliphatic heterocycles. The van der Waals surface area contributed by atoms with E-state index in [0.717, 1.165) is 5.69 Å². The molecule has 24 heavy (non-hydrogen) atoms. The molecule has 7 heteroatoms. The Kier molecular flexibility index (Phi) is 4.62. The number of pyridine rings is 2. The first-order chi connectivity index (χ1) is 11.6. The number of hydrogen-bond acceptors (Lipinski definition) is 6. The Hall–Kier alpha value is -3.06. The molecular formula is C17H16N4O3. The third-order valence-corrected chi connectivity index (χ3v) is 3.45. The van der Waals surface area contributed by atoms with Crippen LogP contribution in [0.3, 0.4) is 0 Å². The Morgan fingerprint density at radius 1 is 1.12 bits per heavy atom. The maximum absolute atomic E-state index is 11.2. The quantitative estimate of drug-likeness (QED) is 0.744. The first kappa shape index (κ1) is 15.8. The van der Waals surface area contributed by atoms with Crippen molar-refractivity contribution in [2.45, 2.75) is 13.1 Å². The molecule has 0 unspecified atom stereocenters. The molecule has 3 aromatic heterocycles. The fourth-order valence-electron chi connectivity index (χ4n) is 2.36. The van der Waals surface area contributed by atoms with Gasteiger partial charge in [-0.25, -0.2) is 4.79 Å². The first-order valence-electron chi connectivity index (χ1n) is 7.36. The zero-order valence-corrected chi connectivity index (χ0v) is 13.1. The number of aromatic carboxylic acids is 1. The third-order valence-electron chi connectivity index (χ3n) is 3.45. The standard InChI is InChI=1S/C17H16N4O3/c1-21(11-16-13(17(22)23)5-4-8-19-16)10-12-9-15(20-24-12)14-6-2-3-7-18-14/h2-9H,10-11H2,1H3,(H,22,23). The maximum atomic E-state index is 11.2. The fraction of sp³-hybridized carbons (Fsp3) is 0.176. The van der Waals surface area contributed by atoms with Gasteiger partial charge in [0.2, 0.25) is 0 Å². The molecule has 3 aromatic rings. The van der Waals surface area contributed by atoms with E-state index in [1.807, 2.05) is 36.2 Å². The summed E-state index contributed by atoms with van der Waals surface area (Å²) in [4.78, 5) is 21.5. The van der Waals surface area contributed by atoms with Gasteiger partial charge in [-0.1, -0.05) is 11.2 Å². The van der Waals surface area contributed by atoms with Crippen LogP contribution in [0.15, 0.2) is 53.3 Å². The molecule has 0 aliphatic carbocycles. The summed E-state index contributed by atoms with van der Waals surface area (Å²) in [7, 11) is 1.86. The molecule has 7 nitrogen and oxygen atoms in total. The molecule has 0 fully saturated rings. The summed E-state index contributed by atoms with van der Waals surface area (Å²) in [6.45, 7) is 0.873. The van der Waals surface area contributed by atoms with Crippen LogP contribution in [0.2, 0.25) is 0 Å². The molecular weight excluding hydrogens is 308 g/mol. The van der Waals surface area contributed by atoms with Crippen molar-refractivity contribution in [1.29, 1.82) is 0 Å². The summed E-state index contributed by atoms with van der Waals surface area (Å²) in [6.07, 6.45) is 3.29. The minimum Gasteiger partial charge on any atom is -0.478 e. The van der Waals surface area contributed by atoms with Crippen molar-refractivity contribution in [2.75, 3.05) is 7.05 Å².